The fourth-order valence-corrected chi connectivity index (χ4v) is 3.78. The molecule has 0 bridgehead atoms. The highest BCUT2D eigenvalue weighted by Gasteiger charge is 2.25. The van der Waals surface area contributed by atoms with Crippen molar-refractivity contribution in [1.29, 1.82) is 0 Å². The Morgan fingerprint density at radius 2 is 2.06 bits per heavy atom. The summed E-state index contributed by atoms with van der Waals surface area (Å²) < 4.78 is 20.6. The number of carbonyl (C=O) groups is 2. The Bertz CT molecular complexity index is 1150. The molecule has 3 heterocycles. The minimum absolute atomic E-state index is 0.0460. The number of aromatic nitrogens is 4. The number of ether oxygens (including phenoxy) is 1. The highest BCUT2D eigenvalue weighted by atomic mass is 19.1. The van der Waals surface area contributed by atoms with Crippen molar-refractivity contribution in [3.63, 3.8) is 0 Å². The van der Waals surface area contributed by atoms with Crippen molar-refractivity contribution in [2.75, 3.05) is 30.3 Å². The molecule has 2 amide bonds. The fourth-order valence-electron chi connectivity index (χ4n) is 3.78. The molecule has 1 aromatic carbocycles. The molecular weight excluding hydrogens is 453 g/mol. The van der Waals surface area contributed by atoms with Crippen molar-refractivity contribution >= 4 is 23.3 Å². The Labute approximate surface area is 202 Å². The van der Waals surface area contributed by atoms with E-state index in [1.807, 2.05) is 31.2 Å². The van der Waals surface area contributed by atoms with E-state index < -0.39 is 6.08 Å². The summed E-state index contributed by atoms with van der Waals surface area (Å²) in [5.41, 5.74) is 1.67. The quantitative estimate of drug-likeness (QED) is 0.452. The van der Waals surface area contributed by atoms with E-state index in [1.165, 1.54) is 28.7 Å². The normalized spacial score (nSPS) is 15.5. The van der Waals surface area contributed by atoms with Gasteiger partial charge in [0, 0.05) is 31.9 Å². The average Bonchev–Trinajstić information content (AvgIpc) is 3.27. The maximum Gasteiger partial charge on any atom is 0.310 e. The molecule has 0 aliphatic carbocycles. The number of halogens is 1. The second kappa shape index (κ2) is 11.4. The molecule has 1 saturated heterocycles. The van der Waals surface area contributed by atoms with Gasteiger partial charge in [-0.05, 0) is 38.0 Å². The van der Waals surface area contributed by atoms with Crippen molar-refractivity contribution in [3.05, 3.63) is 60.6 Å². The zero-order valence-corrected chi connectivity index (χ0v) is 19.5. The van der Waals surface area contributed by atoms with Crippen LogP contribution in [0.3, 0.4) is 0 Å². The Kier molecular flexibility index (Phi) is 7.86. The smallest absolute Gasteiger partial charge is 0.310 e. The van der Waals surface area contributed by atoms with E-state index in [9.17, 15) is 14.0 Å². The molecule has 0 radical (unpaired) electrons. The third kappa shape index (κ3) is 7.23. The molecule has 4 rings (SSSR count). The number of rotatable bonds is 9. The highest BCUT2D eigenvalue weighted by Crippen LogP contribution is 2.19. The van der Waals surface area contributed by atoms with Gasteiger partial charge >= 0.3 is 6.08 Å². The van der Waals surface area contributed by atoms with E-state index in [0.717, 1.165) is 18.6 Å². The lowest BCUT2D eigenvalue weighted by Gasteiger charge is -2.33. The van der Waals surface area contributed by atoms with Gasteiger partial charge in [0.1, 0.15) is 24.2 Å². The minimum Gasteiger partial charge on any atom is -0.489 e. The molecule has 1 atom stereocenters. The van der Waals surface area contributed by atoms with Gasteiger partial charge < -0.3 is 20.3 Å². The van der Waals surface area contributed by atoms with Gasteiger partial charge in [-0.1, -0.05) is 17.7 Å². The molecule has 2 aromatic heterocycles. The van der Waals surface area contributed by atoms with Gasteiger partial charge in [0.05, 0.1) is 18.4 Å². The van der Waals surface area contributed by atoms with Gasteiger partial charge in [-0.15, -0.1) is 0 Å². The molecule has 35 heavy (non-hydrogen) atoms. The molecule has 3 aromatic rings. The molecule has 184 valence electrons. The summed E-state index contributed by atoms with van der Waals surface area (Å²) in [5, 5.41) is 9.78. The van der Waals surface area contributed by atoms with Crippen molar-refractivity contribution in [2.24, 2.45) is 0 Å². The molecule has 0 saturated carbocycles. The zero-order chi connectivity index (χ0) is 24.6. The Morgan fingerprint density at radius 1 is 1.23 bits per heavy atom. The van der Waals surface area contributed by atoms with Gasteiger partial charge in [-0.25, -0.2) is 4.98 Å². The van der Waals surface area contributed by atoms with Crippen molar-refractivity contribution in [2.45, 2.75) is 38.8 Å². The van der Waals surface area contributed by atoms with Gasteiger partial charge in [0.15, 0.2) is 0 Å². The predicted octanol–water partition coefficient (Wildman–Crippen LogP) is 2.63. The topological polar surface area (TPSA) is 114 Å². The van der Waals surface area contributed by atoms with Crippen LogP contribution in [0.25, 0.3) is 0 Å². The molecular formula is C24H28FN7O3. The Balaban J connectivity index is 1.21. The standard InChI is InChI=1S/C24H28FN7O3/c1-17-4-6-19(7-5-17)35-20-3-2-12-31(15-20)23(34)16-32-14-18(13-28-32)29-22(33)9-11-26-21-8-10-27-24(25)30-21/h4-8,10,13-14,20H,2-3,9,11-12,15-16H2,1H3,(H,29,33)(H,26,27,30)/t20-/m0/s1. The van der Waals surface area contributed by atoms with Crippen molar-refractivity contribution in [3.8, 4) is 5.75 Å². The maximum atomic E-state index is 13.0. The summed E-state index contributed by atoms with van der Waals surface area (Å²) in [5.74, 6) is 0.817. The molecule has 11 heteroatoms. The lowest BCUT2D eigenvalue weighted by atomic mass is 10.1. The second-order valence-electron chi connectivity index (χ2n) is 8.40. The minimum atomic E-state index is -0.833. The number of aryl methyl sites for hydroxylation is 1. The van der Waals surface area contributed by atoms with Crippen LogP contribution in [-0.4, -0.2) is 62.2 Å². The molecule has 10 nitrogen and oxygen atoms in total. The van der Waals surface area contributed by atoms with Gasteiger partial charge in [-0.2, -0.15) is 14.5 Å². The lowest BCUT2D eigenvalue weighted by Crippen LogP contribution is -2.45. The molecule has 1 fully saturated rings. The van der Waals surface area contributed by atoms with E-state index in [1.54, 1.807) is 11.1 Å². The molecule has 0 unspecified atom stereocenters. The third-order valence-electron chi connectivity index (χ3n) is 5.55. The first-order valence-corrected chi connectivity index (χ1v) is 11.5. The lowest BCUT2D eigenvalue weighted by molar-refractivity contribution is -0.134. The predicted molar refractivity (Wildman–Crippen MR) is 127 cm³/mol. The molecule has 2 N–H and O–H groups in total. The highest BCUT2D eigenvalue weighted by molar-refractivity contribution is 5.90. The maximum absolute atomic E-state index is 13.0. The van der Waals surface area contributed by atoms with Crippen LogP contribution in [0.5, 0.6) is 5.75 Å². The number of nitrogens with zero attached hydrogens (tertiary/aromatic N) is 5. The van der Waals surface area contributed by atoms with Crippen LogP contribution in [0, 0.1) is 13.0 Å². The summed E-state index contributed by atoms with van der Waals surface area (Å²) in [4.78, 5) is 33.7. The van der Waals surface area contributed by atoms with E-state index in [0.29, 0.717) is 24.6 Å². The van der Waals surface area contributed by atoms with Gasteiger partial charge in [0.25, 0.3) is 0 Å². The number of amides is 2. The number of benzene rings is 1. The van der Waals surface area contributed by atoms with Crippen LogP contribution < -0.4 is 15.4 Å². The summed E-state index contributed by atoms with van der Waals surface area (Å²) in [6, 6.07) is 9.42. The SMILES string of the molecule is Cc1ccc(O[C@H]2CCCN(C(=O)Cn3cc(NC(=O)CCNc4ccnc(F)n4)cn3)C2)cc1. The Morgan fingerprint density at radius 3 is 2.86 bits per heavy atom. The van der Waals surface area contributed by atoms with E-state index >= 15 is 0 Å². The molecule has 1 aliphatic heterocycles. The molecule has 1 aliphatic rings. The summed E-state index contributed by atoms with van der Waals surface area (Å²) in [7, 11) is 0. The fraction of sp³-hybridized carbons (Fsp3) is 0.375. The summed E-state index contributed by atoms with van der Waals surface area (Å²) in [6.45, 7) is 3.59. The largest absolute Gasteiger partial charge is 0.489 e. The number of carbonyl (C=O) groups excluding carboxylic acids is 2. The summed E-state index contributed by atoms with van der Waals surface area (Å²) >= 11 is 0. The van der Waals surface area contributed by atoms with Gasteiger partial charge in [-0.3, -0.25) is 14.3 Å². The zero-order valence-electron chi connectivity index (χ0n) is 19.5. The first-order chi connectivity index (χ1) is 16.9. The molecule has 0 spiro atoms. The van der Waals surface area contributed by atoms with Crippen LogP contribution in [0.15, 0.2) is 48.9 Å². The number of hydrogen-bond donors (Lipinski definition) is 2. The van der Waals surface area contributed by atoms with Gasteiger partial charge in [0.2, 0.25) is 11.8 Å². The van der Waals surface area contributed by atoms with Crippen LogP contribution in [0.2, 0.25) is 0 Å². The number of likely N-dealkylation sites (tertiary alicyclic amines) is 1. The number of piperidine rings is 1. The number of nitrogens with one attached hydrogen (secondary N) is 2. The van der Waals surface area contributed by atoms with E-state index in [2.05, 4.69) is 25.7 Å². The van der Waals surface area contributed by atoms with Crippen LogP contribution in [0.4, 0.5) is 15.9 Å². The monoisotopic (exact) mass is 481 g/mol. The third-order valence-corrected chi connectivity index (χ3v) is 5.55. The Hall–Kier alpha value is -4.02. The van der Waals surface area contributed by atoms with Crippen LogP contribution in [0.1, 0.15) is 24.8 Å². The summed E-state index contributed by atoms with van der Waals surface area (Å²) in [6.07, 6.45) is 5.45. The van der Waals surface area contributed by atoms with Crippen LogP contribution >= 0.6 is 0 Å². The average molecular weight is 482 g/mol. The van der Waals surface area contributed by atoms with E-state index in [4.69, 9.17) is 4.74 Å². The van der Waals surface area contributed by atoms with E-state index in [-0.39, 0.29) is 37.4 Å². The number of anilines is 2. The first kappa shape index (κ1) is 24.1. The van der Waals surface area contributed by atoms with Crippen molar-refractivity contribution < 1.29 is 18.7 Å². The number of hydrogen-bond acceptors (Lipinski definition) is 7. The first-order valence-electron chi connectivity index (χ1n) is 11.5. The van der Waals surface area contributed by atoms with Crippen LogP contribution in [-0.2, 0) is 16.1 Å². The second-order valence-corrected chi connectivity index (χ2v) is 8.40. The van der Waals surface area contributed by atoms with Crippen molar-refractivity contribution in [1.82, 2.24) is 24.6 Å².